The Labute approximate surface area is 215 Å². The molecule has 0 aliphatic heterocycles. The van der Waals surface area contributed by atoms with Crippen molar-refractivity contribution < 1.29 is 8.42 Å². The highest BCUT2D eigenvalue weighted by atomic mass is 32.2. The van der Waals surface area contributed by atoms with E-state index in [1.807, 2.05) is 55.4 Å². The molecule has 1 saturated carbocycles. The molecule has 1 aliphatic carbocycles. The van der Waals surface area contributed by atoms with E-state index in [1.54, 1.807) is 12.1 Å². The number of hydrogen-bond donors (Lipinski definition) is 2. The molecule has 194 valence electrons. The third kappa shape index (κ3) is 6.34. The molecule has 1 aliphatic rings. The van der Waals surface area contributed by atoms with Crippen LogP contribution in [0.25, 0.3) is 10.9 Å². The molecule has 1 heterocycles. The molecule has 1 aromatic heterocycles. The highest BCUT2D eigenvalue weighted by Gasteiger charge is 2.24. The quantitative estimate of drug-likeness (QED) is 0.435. The molecule has 8 heteroatoms. The molecule has 0 spiro atoms. The third-order valence-electron chi connectivity index (χ3n) is 7.11. The predicted molar refractivity (Wildman–Crippen MR) is 148 cm³/mol. The van der Waals surface area contributed by atoms with Crippen LogP contribution < -0.4 is 14.9 Å². The summed E-state index contributed by atoms with van der Waals surface area (Å²) in [6, 6.07) is 15.3. The van der Waals surface area contributed by atoms with Crippen LogP contribution in [0.5, 0.6) is 0 Å². The van der Waals surface area contributed by atoms with Gasteiger partial charge in [-0.3, -0.25) is 0 Å². The molecule has 2 N–H and O–H groups in total. The lowest BCUT2D eigenvalue weighted by Gasteiger charge is -2.29. The lowest BCUT2D eigenvalue weighted by atomic mass is 9.82. The zero-order chi connectivity index (χ0) is 25.9. The summed E-state index contributed by atoms with van der Waals surface area (Å²) in [6.07, 6.45) is 4.15. The van der Waals surface area contributed by atoms with E-state index in [2.05, 4.69) is 30.8 Å². The molecule has 0 bridgehead atoms. The van der Waals surface area contributed by atoms with E-state index in [9.17, 15) is 8.42 Å². The van der Waals surface area contributed by atoms with Crippen molar-refractivity contribution in [3.63, 3.8) is 0 Å². The van der Waals surface area contributed by atoms with Crippen molar-refractivity contribution >= 4 is 32.7 Å². The fourth-order valence-corrected chi connectivity index (χ4v) is 5.92. The number of sulfonamides is 1. The molecule has 2 aromatic carbocycles. The molecule has 0 unspecified atom stereocenters. The van der Waals surface area contributed by atoms with Crippen LogP contribution in [0.4, 0.5) is 11.8 Å². The number of hydrogen-bond acceptors (Lipinski definition) is 6. The van der Waals surface area contributed by atoms with Crippen molar-refractivity contribution in [2.75, 3.05) is 37.4 Å². The number of anilines is 2. The number of nitrogens with zero attached hydrogens (tertiary/aromatic N) is 3. The largest absolute Gasteiger partial charge is 0.362 e. The zero-order valence-corrected chi connectivity index (χ0v) is 22.9. The molecule has 0 amide bonds. The van der Waals surface area contributed by atoms with Gasteiger partial charge < -0.3 is 10.2 Å². The highest BCUT2D eigenvalue weighted by molar-refractivity contribution is 7.89. The second-order valence-electron chi connectivity index (χ2n) is 11.2. The van der Waals surface area contributed by atoms with E-state index in [0.717, 1.165) is 54.5 Å². The summed E-state index contributed by atoms with van der Waals surface area (Å²) in [6.45, 7) is 7.68. The molecule has 4 rings (SSSR count). The van der Waals surface area contributed by atoms with Gasteiger partial charge in [0.2, 0.25) is 16.0 Å². The first-order valence-electron chi connectivity index (χ1n) is 12.8. The van der Waals surface area contributed by atoms with Crippen LogP contribution in [-0.4, -0.2) is 45.6 Å². The van der Waals surface area contributed by atoms with Crippen molar-refractivity contribution in [3.05, 3.63) is 54.1 Å². The van der Waals surface area contributed by atoms with Gasteiger partial charge in [-0.2, -0.15) is 4.98 Å². The minimum atomic E-state index is -3.49. The summed E-state index contributed by atoms with van der Waals surface area (Å²) in [7, 11) is 0.496. The van der Waals surface area contributed by atoms with Crippen LogP contribution in [0, 0.1) is 11.8 Å². The molecular formula is C28H39N5O2S. The van der Waals surface area contributed by atoms with Gasteiger partial charge >= 0.3 is 0 Å². The van der Waals surface area contributed by atoms with Gasteiger partial charge in [-0.1, -0.05) is 45.0 Å². The molecule has 0 saturated heterocycles. The van der Waals surface area contributed by atoms with Gasteiger partial charge in [0.05, 0.1) is 10.4 Å². The van der Waals surface area contributed by atoms with Gasteiger partial charge in [-0.25, -0.2) is 18.1 Å². The minimum absolute atomic E-state index is 0.00171. The maximum atomic E-state index is 12.8. The average Bonchev–Trinajstić information content (AvgIpc) is 2.86. The second kappa shape index (κ2) is 10.7. The smallest absolute Gasteiger partial charge is 0.240 e. The fourth-order valence-electron chi connectivity index (χ4n) is 4.80. The van der Waals surface area contributed by atoms with Gasteiger partial charge in [0.15, 0.2) is 0 Å². The average molecular weight is 510 g/mol. The number of aromatic nitrogens is 2. The van der Waals surface area contributed by atoms with Crippen molar-refractivity contribution in [2.45, 2.75) is 56.8 Å². The summed E-state index contributed by atoms with van der Waals surface area (Å²) < 4.78 is 28.4. The van der Waals surface area contributed by atoms with E-state index in [0.29, 0.717) is 29.2 Å². The first-order chi connectivity index (χ1) is 17.0. The van der Waals surface area contributed by atoms with Gasteiger partial charge in [-0.15, -0.1) is 0 Å². The van der Waals surface area contributed by atoms with E-state index >= 15 is 0 Å². The van der Waals surface area contributed by atoms with E-state index in [1.165, 1.54) is 0 Å². The Balaban J connectivity index is 1.27. The molecule has 1 fully saturated rings. The maximum Gasteiger partial charge on any atom is 0.240 e. The van der Waals surface area contributed by atoms with Gasteiger partial charge in [0, 0.05) is 32.6 Å². The Morgan fingerprint density at radius 1 is 0.889 bits per heavy atom. The summed E-state index contributed by atoms with van der Waals surface area (Å²) in [5, 5.41) is 4.49. The molecule has 0 radical (unpaired) electrons. The van der Waals surface area contributed by atoms with Crippen LogP contribution >= 0.6 is 0 Å². The van der Waals surface area contributed by atoms with Crippen molar-refractivity contribution in [3.8, 4) is 0 Å². The highest BCUT2D eigenvalue weighted by Crippen LogP contribution is 2.30. The lowest BCUT2D eigenvalue weighted by Crippen LogP contribution is -2.32. The molecule has 36 heavy (non-hydrogen) atoms. The van der Waals surface area contributed by atoms with Crippen molar-refractivity contribution in [2.24, 2.45) is 11.8 Å². The summed E-state index contributed by atoms with van der Waals surface area (Å²) in [4.78, 5) is 11.8. The Hall–Kier alpha value is -2.71. The number of nitrogens with one attached hydrogen (secondary N) is 2. The van der Waals surface area contributed by atoms with Gasteiger partial charge in [-0.05, 0) is 72.8 Å². The molecule has 3 aromatic rings. The van der Waals surface area contributed by atoms with Crippen LogP contribution in [0.3, 0.4) is 0 Å². The number of benzene rings is 2. The van der Waals surface area contributed by atoms with Gasteiger partial charge in [0.1, 0.15) is 5.82 Å². The number of para-hydroxylation sites is 1. The SMILES string of the molecule is CN(C)c1nc(NC[C@H]2CC[C@H](CNS(=O)(=O)c3ccc(C(C)(C)C)cc3)CC2)nc2ccccc12. The lowest BCUT2D eigenvalue weighted by molar-refractivity contribution is 0.284. The Kier molecular flexibility index (Phi) is 7.85. The van der Waals surface area contributed by atoms with Gasteiger partial charge in [0.25, 0.3) is 0 Å². The first kappa shape index (κ1) is 26.4. The van der Waals surface area contributed by atoms with E-state index in [4.69, 9.17) is 9.97 Å². The Morgan fingerprint density at radius 2 is 1.50 bits per heavy atom. The van der Waals surface area contributed by atoms with Crippen LogP contribution in [0.2, 0.25) is 0 Å². The zero-order valence-electron chi connectivity index (χ0n) is 22.1. The molecular weight excluding hydrogens is 470 g/mol. The van der Waals surface area contributed by atoms with E-state index < -0.39 is 10.0 Å². The molecule has 0 atom stereocenters. The minimum Gasteiger partial charge on any atom is -0.362 e. The first-order valence-corrected chi connectivity index (χ1v) is 14.3. The fraction of sp³-hybridized carbons (Fsp3) is 0.500. The molecule has 7 nitrogen and oxygen atoms in total. The van der Waals surface area contributed by atoms with Crippen LogP contribution in [0.1, 0.15) is 52.0 Å². The van der Waals surface area contributed by atoms with Crippen molar-refractivity contribution in [1.82, 2.24) is 14.7 Å². The Bertz CT molecular complexity index is 1280. The second-order valence-corrected chi connectivity index (χ2v) is 12.9. The maximum absolute atomic E-state index is 12.8. The van der Waals surface area contributed by atoms with Crippen LogP contribution in [0.15, 0.2) is 53.4 Å². The monoisotopic (exact) mass is 509 g/mol. The summed E-state index contributed by atoms with van der Waals surface area (Å²) in [5.41, 5.74) is 2.06. The normalized spacial score (nSPS) is 18.8. The van der Waals surface area contributed by atoms with Crippen molar-refractivity contribution in [1.29, 1.82) is 0 Å². The number of rotatable bonds is 8. The topological polar surface area (TPSA) is 87.2 Å². The Morgan fingerprint density at radius 3 is 2.11 bits per heavy atom. The summed E-state index contributed by atoms with van der Waals surface area (Å²) >= 11 is 0. The third-order valence-corrected chi connectivity index (χ3v) is 8.55. The van der Waals surface area contributed by atoms with Crippen LogP contribution in [-0.2, 0) is 15.4 Å². The standard InChI is InChI=1S/C28H39N5O2S/c1-28(2,3)22-14-16-23(17-15-22)36(34,35)30-19-21-12-10-20(11-13-21)18-29-27-31-25-9-7-6-8-24(25)26(32-27)33(4)5/h6-9,14-17,20-21,30H,10-13,18-19H2,1-5H3,(H,29,31,32)/t20-,21-. The summed E-state index contributed by atoms with van der Waals surface area (Å²) in [5.74, 6) is 2.46. The predicted octanol–water partition coefficient (Wildman–Crippen LogP) is 5.19. The number of fused-ring (bicyclic) bond motifs is 1. The van der Waals surface area contributed by atoms with E-state index in [-0.39, 0.29) is 5.41 Å².